The van der Waals surface area contributed by atoms with Gasteiger partial charge < -0.3 is 5.32 Å². The van der Waals surface area contributed by atoms with Crippen molar-refractivity contribution in [3.05, 3.63) is 54.1 Å². The van der Waals surface area contributed by atoms with Gasteiger partial charge in [-0.05, 0) is 29.7 Å². The van der Waals surface area contributed by atoms with E-state index in [0.29, 0.717) is 11.7 Å². The van der Waals surface area contributed by atoms with Crippen LogP contribution < -0.4 is 5.32 Å². The van der Waals surface area contributed by atoms with Crippen LogP contribution in [0.3, 0.4) is 0 Å². The van der Waals surface area contributed by atoms with Gasteiger partial charge >= 0.3 is 0 Å². The summed E-state index contributed by atoms with van der Waals surface area (Å²) in [6, 6.07) is 9.48. The Balaban J connectivity index is 1.79. The predicted octanol–water partition coefficient (Wildman–Crippen LogP) is 2.50. The van der Waals surface area contributed by atoms with Crippen LogP contribution in [-0.2, 0) is 0 Å². The highest BCUT2D eigenvalue weighted by atomic mass is 16.2. The second-order valence-corrected chi connectivity index (χ2v) is 5.03. The summed E-state index contributed by atoms with van der Waals surface area (Å²) >= 11 is 0. The number of fused-ring (bicyclic) bond motifs is 1. The Morgan fingerprint density at radius 3 is 2.67 bits per heavy atom. The van der Waals surface area contributed by atoms with E-state index in [1.54, 1.807) is 18.5 Å². The quantitative estimate of drug-likeness (QED) is 0.800. The van der Waals surface area contributed by atoms with E-state index in [-0.39, 0.29) is 11.7 Å². The monoisotopic (exact) mass is 281 g/mol. The lowest BCUT2D eigenvalue weighted by Crippen LogP contribution is -2.13. The lowest BCUT2D eigenvalue weighted by molar-refractivity contribution is 0.101. The van der Waals surface area contributed by atoms with Crippen molar-refractivity contribution in [3.8, 4) is 0 Å². The van der Waals surface area contributed by atoms with Gasteiger partial charge in [0.05, 0.1) is 0 Å². The van der Waals surface area contributed by atoms with Gasteiger partial charge in [0.25, 0.3) is 11.7 Å². The van der Waals surface area contributed by atoms with Crippen LogP contribution in [0.25, 0.3) is 5.78 Å². The molecule has 6 heteroatoms. The molecule has 1 N–H and O–H groups in total. The van der Waals surface area contributed by atoms with Gasteiger partial charge in [0.2, 0.25) is 5.82 Å². The fourth-order valence-electron chi connectivity index (χ4n) is 1.97. The Bertz CT molecular complexity index is 743. The minimum Gasteiger partial charge on any atom is -0.319 e. The highest BCUT2D eigenvalue weighted by Crippen LogP contribution is 2.17. The first-order chi connectivity index (χ1) is 10.1. The fraction of sp³-hybridized carbons (Fsp3) is 0.200. The summed E-state index contributed by atoms with van der Waals surface area (Å²) in [6.45, 7) is 4.25. The molecule has 0 atom stereocenters. The van der Waals surface area contributed by atoms with Crippen LogP contribution in [0.2, 0.25) is 0 Å². The highest BCUT2D eigenvalue weighted by molar-refractivity contribution is 6.01. The fourth-order valence-corrected chi connectivity index (χ4v) is 1.97. The third-order valence-electron chi connectivity index (χ3n) is 3.15. The standard InChI is InChI=1S/C15H15N5O/c1-10(2)11-4-6-12(7-5-11)17-14(21)13-18-15-16-8-3-9-20(15)19-13/h3-10H,1-2H3,(H,17,21). The maximum absolute atomic E-state index is 12.1. The van der Waals surface area contributed by atoms with E-state index < -0.39 is 0 Å². The van der Waals surface area contributed by atoms with E-state index in [2.05, 4.69) is 34.2 Å². The van der Waals surface area contributed by atoms with E-state index in [1.807, 2.05) is 24.3 Å². The minimum absolute atomic E-state index is 0.0987. The molecule has 3 rings (SSSR count). The van der Waals surface area contributed by atoms with Gasteiger partial charge in [-0.2, -0.15) is 4.98 Å². The van der Waals surface area contributed by atoms with E-state index in [0.717, 1.165) is 5.69 Å². The summed E-state index contributed by atoms with van der Waals surface area (Å²) in [4.78, 5) is 20.2. The average Bonchev–Trinajstić information content (AvgIpc) is 2.92. The molecule has 0 aliphatic rings. The van der Waals surface area contributed by atoms with Gasteiger partial charge in [-0.3, -0.25) is 4.79 Å². The topological polar surface area (TPSA) is 72.2 Å². The molecule has 0 bridgehead atoms. The van der Waals surface area contributed by atoms with Crippen LogP contribution in [0, 0.1) is 0 Å². The summed E-state index contributed by atoms with van der Waals surface area (Å²) < 4.78 is 1.47. The molecule has 3 aromatic rings. The first-order valence-electron chi connectivity index (χ1n) is 6.72. The van der Waals surface area contributed by atoms with Crippen LogP contribution in [0.1, 0.15) is 35.9 Å². The molecule has 0 spiro atoms. The number of hydrogen-bond acceptors (Lipinski definition) is 4. The van der Waals surface area contributed by atoms with Crippen LogP contribution in [0.5, 0.6) is 0 Å². The largest absolute Gasteiger partial charge is 0.319 e. The summed E-state index contributed by atoms with van der Waals surface area (Å²) in [5.74, 6) is 0.609. The van der Waals surface area contributed by atoms with E-state index in [9.17, 15) is 4.79 Å². The zero-order valence-electron chi connectivity index (χ0n) is 11.8. The van der Waals surface area contributed by atoms with Crippen molar-refractivity contribution in [1.29, 1.82) is 0 Å². The molecule has 0 saturated carbocycles. The molecular formula is C15H15N5O. The lowest BCUT2D eigenvalue weighted by atomic mass is 10.0. The number of nitrogens with one attached hydrogen (secondary N) is 1. The molecule has 0 radical (unpaired) electrons. The molecular weight excluding hydrogens is 266 g/mol. The minimum atomic E-state index is -0.349. The van der Waals surface area contributed by atoms with Crippen LogP contribution in [-0.4, -0.2) is 25.5 Å². The molecule has 106 valence electrons. The van der Waals surface area contributed by atoms with Crippen LogP contribution in [0.15, 0.2) is 42.7 Å². The van der Waals surface area contributed by atoms with Gasteiger partial charge in [-0.25, -0.2) is 9.50 Å². The third-order valence-corrected chi connectivity index (χ3v) is 3.15. The number of carbonyl (C=O) groups is 1. The van der Waals surface area contributed by atoms with Crippen LogP contribution >= 0.6 is 0 Å². The zero-order valence-corrected chi connectivity index (χ0v) is 11.8. The summed E-state index contributed by atoms with van der Waals surface area (Å²) in [7, 11) is 0. The Kier molecular flexibility index (Phi) is 3.35. The third kappa shape index (κ3) is 2.74. The van der Waals surface area contributed by atoms with Gasteiger partial charge in [0, 0.05) is 18.1 Å². The Hall–Kier alpha value is -2.76. The number of benzene rings is 1. The molecule has 1 aromatic carbocycles. The second-order valence-electron chi connectivity index (χ2n) is 5.03. The van der Waals surface area contributed by atoms with Crippen molar-refractivity contribution >= 4 is 17.4 Å². The van der Waals surface area contributed by atoms with Gasteiger partial charge in [-0.15, -0.1) is 5.10 Å². The van der Waals surface area contributed by atoms with Gasteiger partial charge in [0.15, 0.2) is 0 Å². The number of amides is 1. The van der Waals surface area contributed by atoms with E-state index >= 15 is 0 Å². The van der Waals surface area contributed by atoms with Crippen molar-refractivity contribution in [3.63, 3.8) is 0 Å². The first kappa shape index (κ1) is 13.2. The normalized spacial score (nSPS) is 11.0. The molecule has 0 aliphatic carbocycles. The van der Waals surface area contributed by atoms with Crippen molar-refractivity contribution < 1.29 is 4.79 Å². The van der Waals surface area contributed by atoms with Gasteiger partial charge in [-0.1, -0.05) is 26.0 Å². The molecule has 0 fully saturated rings. The van der Waals surface area contributed by atoms with E-state index in [1.165, 1.54) is 10.1 Å². The molecule has 2 aromatic heterocycles. The summed E-state index contributed by atoms with van der Waals surface area (Å²) in [5, 5.41) is 6.87. The summed E-state index contributed by atoms with van der Waals surface area (Å²) in [5.41, 5.74) is 1.94. The smallest absolute Gasteiger partial charge is 0.295 e. The van der Waals surface area contributed by atoms with E-state index in [4.69, 9.17) is 0 Å². The first-order valence-corrected chi connectivity index (χ1v) is 6.72. The molecule has 0 saturated heterocycles. The van der Waals surface area contributed by atoms with Crippen molar-refractivity contribution in [2.45, 2.75) is 19.8 Å². The maximum atomic E-state index is 12.1. The second kappa shape index (κ2) is 5.32. The van der Waals surface area contributed by atoms with Crippen molar-refractivity contribution in [1.82, 2.24) is 19.6 Å². The Morgan fingerprint density at radius 1 is 1.24 bits per heavy atom. The summed E-state index contributed by atoms with van der Waals surface area (Å²) in [6.07, 6.45) is 3.31. The van der Waals surface area contributed by atoms with Gasteiger partial charge in [0.1, 0.15) is 0 Å². The Morgan fingerprint density at radius 2 is 2.00 bits per heavy atom. The highest BCUT2D eigenvalue weighted by Gasteiger charge is 2.13. The number of anilines is 1. The van der Waals surface area contributed by atoms with Crippen molar-refractivity contribution in [2.24, 2.45) is 0 Å². The zero-order chi connectivity index (χ0) is 14.8. The number of nitrogens with zero attached hydrogens (tertiary/aromatic N) is 4. The molecule has 1 amide bonds. The number of hydrogen-bond donors (Lipinski definition) is 1. The van der Waals surface area contributed by atoms with Crippen LogP contribution in [0.4, 0.5) is 5.69 Å². The molecule has 2 heterocycles. The predicted molar refractivity (Wildman–Crippen MR) is 79.3 cm³/mol. The SMILES string of the molecule is CC(C)c1ccc(NC(=O)c2nc3ncccn3n2)cc1. The average molecular weight is 281 g/mol. The molecule has 21 heavy (non-hydrogen) atoms. The maximum Gasteiger partial charge on any atom is 0.295 e. The Labute approximate surface area is 121 Å². The number of carbonyl (C=O) groups excluding carboxylic acids is 1. The molecule has 0 aliphatic heterocycles. The molecule has 6 nitrogen and oxygen atoms in total. The number of rotatable bonds is 3. The lowest BCUT2D eigenvalue weighted by Gasteiger charge is -2.07. The number of aromatic nitrogens is 4. The van der Waals surface area contributed by atoms with Crippen molar-refractivity contribution in [2.75, 3.05) is 5.32 Å². The molecule has 0 unspecified atom stereocenters.